The highest BCUT2D eigenvalue weighted by Gasteiger charge is 2.13. The van der Waals surface area contributed by atoms with Gasteiger partial charge in [-0.3, -0.25) is 4.79 Å². The van der Waals surface area contributed by atoms with Gasteiger partial charge in [-0.05, 0) is 25.1 Å². The second kappa shape index (κ2) is 6.13. The summed E-state index contributed by atoms with van der Waals surface area (Å²) in [6, 6.07) is 8.91. The number of carbonyl (C=O) groups excluding carboxylic acids is 1. The molecule has 0 radical (unpaired) electrons. The topological polar surface area (TPSA) is 87.6 Å². The summed E-state index contributed by atoms with van der Waals surface area (Å²) in [6.07, 6.45) is 0. The number of hydrogen-bond donors (Lipinski definition) is 2. The van der Waals surface area contributed by atoms with Gasteiger partial charge in [0, 0.05) is 17.8 Å². The molecular formula is C15H15FN2O3. The quantitative estimate of drug-likeness (QED) is 0.829. The summed E-state index contributed by atoms with van der Waals surface area (Å²) in [5.41, 5.74) is 10.7. The maximum absolute atomic E-state index is 13.8. The van der Waals surface area contributed by atoms with Gasteiger partial charge in [0.25, 0.3) is 5.91 Å². The van der Waals surface area contributed by atoms with E-state index in [4.69, 9.17) is 20.9 Å². The summed E-state index contributed by atoms with van der Waals surface area (Å²) in [5.74, 6) is -0.590. The van der Waals surface area contributed by atoms with Gasteiger partial charge >= 0.3 is 0 Å². The molecule has 0 heterocycles. The van der Waals surface area contributed by atoms with E-state index in [1.54, 1.807) is 24.3 Å². The predicted molar refractivity (Wildman–Crippen MR) is 77.0 cm³/mol. The number of benzene rings is 2. The van der Waals surface area contributed by atoms with E-state index in [9.17, 15) is 9.18 Å². The van der Waals surface area contributed by atoms with Gasteiger partial charge in [0.05, 0.1) is 12.2 Å². The molecule has 0 unspecified atom stereocenters. The molecule has 0 saturated heterocycles. The first-order chi connectivity index (χ1) is 10.0. The molecule has 21 heavy (non-hydrogen) atoms. The van der Waals surface area contributed by atoms with Crippen LogP contribution < -0.4 is 20.9 Å². The van der Waals surface area contributed by atoms with Gasteiger partial charge in [-0.2, -0.15) is 0 Å². The zero-order valence-corrected chi connectivity index (χ0v) is 11.4. The fourth-order valence-electron chi connectivity index (χ4n) is 1.78. The molecule has 0 aliphatic rings. The third-order valence-corrected chi connectivity index (χ3v) is 2.71. The van der Waals surface area contributed by atoms with Crippen LogP contribution >= 0.6 is 0 Å². The number of rotatable bonds is 5. The van der Waals surface area contributed by atoms with Crippen molar-refractivity contribution in [3.63, 3.8) is 0 Å². The molecule has 2 aromatic carbocycles. The van der Waals surface area contributed by atoms with Gasteiger partial charge in [0.2, 0.25) is 0 Å². The van der Waals surface area contributed by atoms with E-state index >= 15 is 0 Å². The van der Waals surface area contributed by atoms with Crippen LogP contribution in [0.4, 0.5) is 10.1 Å². The fraction of sp³-hybridized carbons (Fsp3) is 0.133. The molecule has 0 spiro atoms. The van der Waals surface area contributed by atoms with Crippen LogP contribution in [0, 0.1) is 5.82 Å². The van der Waals surface area contributed by atoms with E-state index in [0.29, 0.717) is 18.1 Å². The number of halogens is 1. The average Bonchev–Trinajstić information content (AvgIpc) is 2.42. The van der Waals surface area contributed by atoms with Gasteiger partial charge in [0.1, 0.15) is 11.5 Å². The molecule has 0 aliphatic heterocycles. The Morgan fingerprint density at radius 1 is 1.24 bits per heavy atom. The molecule has 0 aromatic heterocycles. The smallest absolute Gasteiger partial charge is 0.250 e. The normalized spacial score (nSPS) is 10.2. The molecule has 0 fully saturated rings. The molecular weight excluding hydrogens is 275 g/mol. The van der Waals surface area contributed by atoms with Crippen LogP contribution in [0.1, 0.15) is 17.3 Å². The number of nitrogens with two attached hydrogens (primary N) is 2. The molecule has 110 valence electrons. The highest BCUT2D eigenvalue weighted by molar-refractivity contribution is 5.98. The minimum absolute atomic E-state index is 0.00682. The minimum atomic E-state index is -0.750. The van der Waals surface area contributed by atoms with Crippen molar-refractivity contribution in [3.8, 4) is 17.2 Å². The zero-order chi connectivity index (χ0) is 15.4. The average molecular weight is 290 g/mol. The van der Waals surface area contributed by atoms with Gasteiger partial charge in [-0.25, -0.2) is 4.39 Å². The van der Waals surface area contributed by atoms with Crippen molar-refractivity contribution in [1.29, 1.82) is 0 Å². The molecule has 0 saturated carbocycles. The van der Waals surface area contributed by atoms with Gasteiger partial charge in [-0.1, -0.05) is 6.07 Å². The molecule has 0 aliphatic carbocycles. The molecule has 2 aromatic rings. The lowest BCUT2D eigenvalue weighted by molar-refractivity contribution is 0.100. The predicted octanol–water partition coefficient (Wildman–Crippen LogP) is 2.70. The number of carbonyl (C=O) groups is 1. The number of hydrogen-bond acceptors (Lipinski definition) is 4. The van der Waals surface area contributed by atoms with Crippen LogP contribution in [-0.4, -0.2) is 12.5 Å². The Kier molecular flexibility index (Phi) is 4.27. The van der Waals surface area contributed by atoms with E-state index in [-0.39, 0.29) is 17.0 Å². The van der Waals surface area contributed by atoms with Crippen LogP contribution in [0.3, 0.4) is 0 Å². The SMILES string of the molecule is CCOc1cccc(Oc2cc(C(N)=O)c(N)cc2F)c1. The molecule has 5 nitrogen and oxygen atoms in total. The number of anilines is 1. The Morgan fingerprint density at radius 3 is 2.62 bits per heavy atom. The lowest BCUT2D eigenvalue weighted by Gasteiger charge is -2.11. The monoisotopic (exact) mass is 290 g/mol. The first-order valence-corrected chi connectivity index (χ1v) is 6.30. The van der Waals surface area contributed by atoms with Crippen molar-refractivity contribution in [2.45, 2.75) is 6.92 Å². The first kappa shape index (κ1) is 14.6. The number of nitrogen functional groups attached to an aromatic ring is 1. The molecule has 0 atom stereocenters. The Labute approximate surface area is 121 Å². The van der Waals surface area contributed by atoms with Crippen LogP contribution in [-0.2, 0) is 0 Å². The summed E-state index contributed by atoms with van der Waals surface area (Å²) in [5, 5.41) is 0. The van der Waals surface area contributed by atoms with E-state index < -0.39 is 11.7 Å². The summed E-state index contributed by atoms with van der Waals surface area (Å²) in [7, 11) is 0. The molecule has 4 N–H and O–H groups in total. The van der Waals surface area contributed by atoms with E-state index in [2.05, 4.69) is 0 Å². The lowest BCUT2D eigenvalue weighted by atomic mass is 10.1. The van der Waals surface area contributed by atoms with Crippen LogP contribution in [0.15, 0.2) is 36.4 Å². The van der Waals surface area contributed by atoms with E-state index in [0.717, 1.165) is 6.07 Å². The van der Waals surface area contributed by atoms with Gasteiger partial charge in [-0.15, -0.1) is 0 Å². The lowest BCUT2D eigenvalue weighted by Crippen LogP contribution is -2.14. The van der Waals surface area contributed by atoms with Crippen LogP contribution in [0.25, 0.3) is 0 Å². The molecule has 0 bridgehead atoms. The second-order valence-electron chi connectivity index (χ2n) is 4.24. The van der Waals surface area contributed by atoms with Gasteiger partial charge in [0.15, 0.2) is 11.6 Å². The molecule has 2 rings (SSSR count). The van der Waals surface area contributed by atoms with Crippen molar-refractivity contribution >= 4 is 11.6 Å². The Balaban J connectivity index is 2.33. The zero-order valence-electron chi connectivity index (χ0n) is 11.4. The van der Waals surface area contributed by atoms with Crippen LogP contribution in [0.5, 0.6) is 17.2 Å². The van der Waals surface area contributed by atoms with Crippen molar-refractivity contribution in [2.75, 3.05) is 12.3 Å². The number of amides is 1. The maximum atomic E-state index is 13.8. The summed E-state index contributed by atoms with van der Waals surface area (Å²) < 4.78 is 24.6. The van der Waals surface area contributed by atoms with E-state index in [1.807, 2.05) is 6.92 Å². The third-order valence-electron chi connectivity index (χ3n) is 2.71. The van der Waals surface area contributed by atoms with Crippen molar-refractivity contribution in [1.82, 2.24) is 0 Å². The van der Waals surface area contributed by atoms with Crippen molar-refractivity contribution in [2.24, 2.45) is 5.73 Å². The minimum Gasteiger partial charge on any atom is -0.494 e. The first-order valence-electron chi connectivity index (χ1n) is 6.30. The highest BCUT2D eigenvalue weighted by Crippen LogP contribution is 2.30. The number of ether oxygens (including phenoxy) is 2. The maximum Gasteiger partial charge on any atom is 0.250 e. The highest BCUT2D eigenvalue weighted by atomic mass is 19.1. The Hall–Kier alpha value is -2.76. The summed E-state index contributed by atoms with van der Waals surface area (Å²) in [4.78, 5) is 11.2. The molecule has 6 heteroatoms. The number of primary amides is 1. The fourth-order valence-corrected chi connectivity index (χ4v) is 1.78. The standard InChI is InChI=1S/C15H15FN2O3/c1-2-20-9-4-3-5-10(6-9)21-14-7-11(15(18)19)13(17)8-12(14)16/h3-8H,2,17H2,1H3,(H2,18,19). The largest absolute Gasteiger partial charge is 0.494 e. The third kappa shape index (κ3) is 3.42. The second-order valence-corrected chi connectivity index (χ2v) is 4.24. The summed E-state index contributed by atoms with van der Waals surface area (Å²) in [6.45, 7) is 2.36. The molecule has 1 amide bonds. The van der Waals surface area contributed by atoms with E-state index in [1.165, 1.54) is 6.07 Å². The Bertz CT molecular complexity index is 674. The van der Waals surface area contributed by atoms with Crippen molar-refractivity contribution in [3.05, 3.63) is 47.8 Å². The van der Waals surface area contributed by atoms with Crippen molar-refractivity contribution < 1.29 is 18.7 Å². The summed E-state index contributed by atoms with van der Waals surface area (Å²) >= 11 is 0. The Morgan fingerprint density at radius 2 is 1.95 bits per heavy atom. The van der Waals surface area contributed by atoms with Crippen LogP contribution in [0.2, 0.25) is 0 Å². The van der Waals surface area contributed by atoms with Gasteiger partial charge < -0.3 is 20.9 Å².